The van der Waals surface area contributed by atoms with Crippen LogP contribution >= 0.6 is 11.6 Å². The van der Waals surface area contributed by atoms with Crippen molar-refractivity contribution in [1.82, 2.24) is 15.5 Å². The molecule has 1 aliphatic heterocycles. The number of likely N-dealkylation sites (tertiary alicyclic amines) is 1. The van der Waals surface area contributed by atoms with Gasteiger partial charge in [0.05, 0.1) is 23.4 Å². The van der Waals surface area contributed by atoms with Crippen LogP contribution in [0.25, 0.3) is 0 Å². The molecular formula is C23H29ClN4O3. The van der Waals surface area contributed by atoms with E-state index < -0.39 is 0 Å². The van der Waals surface area contributed by atoms with Crippen molar-refractivity contribution in [2.75, 3.05) is 45.6 Å². The lowest BCUT2D eigenvalue weighted by molar-refractivity contribution is 0.0940. The van der Waals surface area contributed by atoms with Gasteiger partial charge in [-0.2, -0.15) is 0 Å². The lowest BCUT2D eigenvalue weighted by Gasteiger charge is -2.17. The first kappa shape index (κ1) is 22.9. The normalized spacial score (nSPS) is 16.1. The molecule has 0 aliphatic carbocycles. The van der Waals surface area contributed by atoms with E-state index >= 15 is 0 Å². The van der Waals surface area contributed by atoms with Crippen LogP contribution in [0.1, 0.15) is 33.6 Å². The molecule has 3 rings (SSSR count). The Balaban J connectivity index is 1.37. The summed E-state index contributed by atoms with van der Waals surface area (Å²) >= 11 is 6.05. The van der Waals surface area contributed by atoms with E-state index in [1.165, 1.54) is 13.2 Å². The Morgan fingerprint density at radius 2 is 1.97 bits per heavy atom. The zero-order chi connectivity index (χ0) is 22.2. The summed E-state index contributed by atoms with van der Waals surface area (Å²) in [5, 5.41) is 6.27. The SMILES string of the molecule is COc1cc(N)c(Cl)cc1C(=O)NC[C@H]1CCN(CCCNC(=O)c2ccccc2)C1. The van der Waals surface area contributed by atoms with Gasteiger partial charge in [0, 0.05) is 31.3 Å². The standard InChI is InChI=1S/C23H29ClN4O3/c1-31-21-13-20(25)19(24)12-18(21)23(30)27-14-16-8-11-28(15-16)10-5-9-26-22(29)17-6-3-2-4-7-17/h2-4,6-7,12-13,16H,5,8-11,14-15,25H2,1H3,(H,26,29)(H,27,30)/t16-/m1/s1. The van der Waals surface area contributed by atoms with Crippen LogP contribution in [-0.2, 0) is 0 Å². The van der Waals surface area contributed by atoms with Crippen LogP contribution in [0.2, 0.25) is 5.02 Å². The van der Waals surface area contributed by atoms with E-state index in [4.69, 9.17) is 22.1 Å². The first-order valence-electron chi connectivity index (χ1n) is 10.4. The summed E-state index contributed by atoms with van der Waals surface area (Å²) in [6.45, 7) is 4.06. The maximum Gasteiger partial charge on any atom is 0.255 e. The Labute approximate surface area is 187 Å². The van der Waals surface area contributed by atoms with Gasteiger partial charge in [-0.3, -0.25) is 9.59 Å². The molecule has 1 fully saturated rings. The first-order valence-corrected chi connectivity index (χ1v) is 10.8. The van der Waals surface area contributed by atoms with Crippen molar-refractivity contribution in [2.24, 2.45) is 5.92 Å². The third-order valence-electron chi connectivity index (χ3n) is 5.46. The van der Waals surface area contributed by atoms with Gasteiger partial charge in [-0.05, 0) is 50.0 Å². The fourth-order valence-corrected chi connectivity index (χ4v) is 3.89. The Hall–Kier alpha value is -2.77. The predicted molar refractivity (Wildman–Crippen MR) is 123 cm³/mol. The predicted octanol–water partition coefficient (Wildman–Crippen LogP) is 2.80. The van der Waals surface area contributed by atoms with E-state index in [9.17, 15) is 9.59 Å². The fourth-order valence-electron chi connectivity index (χ4n) is 3.73. The number of nitrogens with one attached hydrogen (secondary N) is 2. The number of nitrogen functional groups attached to an aromatic ring is 1. The van der Waals surface area contributed by atoms with Crippen molar-refractivity contribution in [2.45, 2.75) is 12.8 Å². The maximum atomic E-state index is 12.6. The van der Waals surface area contributed by atoms with Crippen molar-refractivity contribution in [3.8, 4) is 5.75 Å². The molecule has 0 saturated carbocycles. The average Bonchev–Trinajstić information content (AvgIpc) is 3.24. The second-order valence-corrected chi connectivity index (χ2v) is 8.12. The molecule has 1 aliphatic rings. The number of nitrogens with two attached hydrogens (primary N) is 1. The molecule has 0 spiro atoms. The minimum atomic E-state index is -0.221. The number of benzene rings is 2. The van der Waals surface area contributed by atoms with Gasteiger partial charge < -0.3 is 26.0 Å². The van der Waals surface area contributed by atoms with Gasteiger partial charge in [0.1, 0.15) is 5.75 Å². The van der Waals surface area contributed by atoms with Crippen LogP contribution in [0.3, 0.4) is 0 Å². The molecule has 7 nitrogen and oxygen atoms in total. The molecule has 8 heteroatoms. The lowest BCUT2D eigenvalue weighted by atomic mass is 10.1. The zero-order valence-electron chi connectivity index (χ0n) is 17.7. The molecular weight excluding hydrogens is 416 g/mol. The number of ether oxygens (including phenoxy) is 1. The topological polar surface area (TPSA) is 96.7 Å². The summed E-state index contributed by atoms with van der Waals surface area (Å²) in [7, 11) is 1.50. The zero-order valence-corrected chi connectivity index (χ0v) is 18.5. The number of anilines is 1. The Bertz CT molecular complexity index is 907. The average molecular weight is 445 g/mol. The van der Waals surface area contributed by atoms with Gasteiger partial charge in [-0.1, -0.05) is 29.8 Å². The van der Waals surface area contributed by atoms with E-state index in [0.717, 1.165) is 32.5 Å². The van der Waals surface area contributed by atoms with Crippen LogP contribution in [0.15, 0.2) is 42.5 Å². The molecule has 1 heterocycles. The lowest BCUT2D eigenvalue weighted by Crippen LogP contribution is -2.32. The largest absolute Gasteiger partial charge is 0.496 e. The minimum Gasteiger partial charge on any atom is -0.496 e. The molecule has 2 aromatic carbocycles. The van der Waals surface area contributed by atoms with Crippen LogP contribution in [0.4, 0.5) is 5.69 Å². The molecule has 2 aromatic rings. The number of methoxy groups -OCH3 is 1. The number of carbonyl (C=O) groups is 2. The Morgan fingerprint density at radius 1 is 1.19 bits per heavy atom. The van der Waals surface area contributed by atoms with Gasteiger partial charge in [-0.25, -0.2) is 0 Å². The van der Waals surface area contributed by atoms with Crippen molar-refractivity contribution in [1.29, 1.82) is 0 Å². The van der Waals surface area contributed by atoms with Crippen LogP contribution in [-0.4, -0.2) is 56.5 Å². The summed E-state index contributed by atoms with van der Waals surface area (Å²) < 4.78 is 5.25. The van der Waals surface area contributed by atoms with Crippen LogP contribution in [0, 0.1) is 5.92 Å². The van der Waals surface area contributed by atoms with Gasteiger partial charge in [0.2, 0.25) is 0 Å². The molecule has 0 unspecified atom stereocenters. The van der Waals surface area contributed by atoms with Gasteiger partial charge in [0.15, 0.2) is 0 Å². The number of nitrogens with zero attached hydrogens (tertiary/aromatic N) is 1. The van der Waals surface area contributed by atoms with E-state index in [-0.39, 0.29) is 11.8 Å². The molecule has 0 bridgehead atoms. The summed E-state index contributed by atoms with van der Waals surface area (Å²) in [5.41, 5.74) is 7.21. The molecule has 4 N–H and O–H groups in total. The maximum absolute atomic E-state index is 12.6. The third kappa shape index (κ3) is 6.35. The number of hydrogen-bond acceptors (Lipinski definition) is 5. The highest BCUT2D eigenvalue weighted by atomic mass is 35.5. The number of halogens is 1. The van der Waals surface area contributed by atoms with Crippen LogP contribution in [0.5, 0.6) is 5.75 Å². The molecule has 0 radical (unpaired) electrons. The van der Waals surface area contributed by atoms with E-state index in [1.54, 1.807) is 6.07 Å². The monoisotopic (exact) mass is 444 g/mol. The first-order chi connectivity index (χ1) is 15.0. The highest BCUT2D eigenvalue weighted by Crippen LogP contribution is 2.28. The molecule has 1 atom stereocenters. The second kappa shape index (κ2) is 11.0. The van der Waals surface area contributed by atoms with Crippen LogP contribution < -0.4 is 21.1 Å². The number of rotatable bonds is 9. The number of amides is 2. The fraction of sp³-hybridized carbons (Fsp3) is 0.391. The Kier molecular flexibility index (Phi) is 8.14. The quantitative estimate of drug-likeness (QED) is 0.408. The summed E-state index contributed by atoms with van der Waals surface area (Å²) in [4.78, 5) is 27.0. The smallest absolute Gasteiger partial charge is 0.255 e. The summed E-state index contributed by atoms with van der Waals surface area (Å²) in [5.74, 6) is 0.532. The number of carbonyl (C=O) groups excluding carboxylic acids is 2. The molecule has 2 amide bonds. The summed E-state index contributed by atoms with van der Waals surface area (Å²) in [6.07, 6.45) is 1.91. The highest BCUT2D eigenvalue weighted by Gasteiger charge is 2.23. The van der Waals surface area contributed by atoms with E-state index in [2.05, 4.69) is 15.5 Å². The number of hydrogen-bond donors (Lipinski definition) is 3. The van der Waals surface area contributed by atoms with Crippen molar-refractivity contribution >= 4 is 29.1 Å². The van der Waals surface area contributed by atoms with Gasteiger partial charge in [0.25, 0.3) is 11.8 Å². The third-order valence-corrected chi connectivity index (χ3v) is 5.78. The van der Waals surface area contributed by atoms with Crippen molar-refractivity contribution in [3.63, 3.8) is 0 Å². The van der Waals surface area contributed by atoms with Crippen molar-refractivity contribution in [3.05, 3.63) is 58.6 Å². The molecule has 0 aromatic heterocycles. The van der Waals surface area contributed by atoms with Crippen molar-refractivity contribution < 1.29 is 14.3 Å². The molecule has 166 valence electrons. The van der Waals surface area contributed by atoms with E-state index in [0.29, 0.717) is 46.6 Å². The minimum absolute atomic E-state index is 0.0409. The summed E-state index contributed by atoms with van der Waals surface area (Å²) in [6, 6.07) is 12.3. The van der Waals surface area contributed by atoms with Gasteiger partial charge in [-0.15, -0.1) is 0 Å². The molecule has 31 heavy (non-hydrogen) atoms. The molecule has 1 saturated heterocycles. The Morgan fingerprint density at radius 3 is 2.71 bits per heavy atom. The highest BCUT2D eigenvalue weighted by molar-refractivity contribution is 6.33. The van der Waals surface area contributed by atoms with E-state index in [1.807, 2.05) is 30.3 Å². The second-order valence-electron chi connectivity index (χ2n) is 7.71. The van der Waals surface area contributed by atoms with Gasteiger partial charge >= 0.3 is 0 Å².